The quantitative estimate of drug-likeness (QED) is 0.327. The number of rotatable bonds is 9. The summed E-state index contributed by atoms with van der Waals surface area (Å²) in [7, 11) is 0. The highest BCUT2D eigenvalue weighted by Gasteiger charge is 2.48. The van der Waals surface area contributed by atoms with Gasteiger partial charge in [0, 0.05) is 0 Å². The summed E-state index contributed by atoms with van der Waals surface area (Å²) >= 11 is 0. The lowest BCUT2D eigenvalue weighted by Crippen LogP contribution is -2.44. The summed E-state index contributed by atoms with van der Waals surface area (Å²) in [5.74, 6) is 0. The number of fused-ring (bicyclic) bond motifs is 3. The molecule has 1 aliphatic heterocycles. The zero-order valence-electron chi connectivity index (χ0n) is 19.0. The summed E-state index contributed by atoms with van der Waals surface area (Å²) < 4.78 is 17.5. The van der Waals surface area contributed by atoms with Crippen LogP contribution in [0.1, 0.15) is 95.3 Å². The van der Waals surface area contributed by atoms with Crippen molar-refractivity contribution in [2.45, 2.75) is 95.9 Å². The van der Waals surface area contributed by atoms with Crippen LogP contribution in [0.3, 0.4) is 0 Å². The Morgan fingerprint density at radius 2 is 1.70 bits per heavy atom. The van der Waals surface area contributed by atoms with Gasteiger partial charge in [0.1, 0.15) is 6.10 Å². The second-order valence-corrected chi connectivity index (χ2v) is 9.85. The van der Waals surface area contributed by atoms with E-state index in [1.807, 2.05) is 19.1 Å². The van der Waals surface area contributed by atoms with Gasteiger partial charge in [-0.2, -0.15) is 0 Å². The van der Waals surface area contributed by atoms with Gasteiger partial charge in [-0.25, -0.2) is 0 Å². The molecule has 3 saturated carbocycles. The molecule has 1 saturated heterocycles. The van der Waals surface area contributed by atoms with Crippen molar-refractivity contribution in [3.63, 3.8) is 0 Å². The maximum absolute atomic E-state index is 6.04. The monoisotopic (exact) mass is 412 g/mol. The average Bonchev–Trinajstić information content (AvgIpc) is 2.81. The van der Waals surface area contributed by atoms with Crippen LogP contribution in [0.25, 0.3) is 0 Å². The van der Waals surface area contributed by atoms with Gasteiger partial charge in [-0.15, -0.1) is 0 Å². The summed E-state index contributed by atoms with van der Waals surface area (Å²) in [4.78, 5) is 0. The first-order valence-electron chi connectivity index (χ1n) is 12.3. The fourth-order valence-corrected chi connectivity index (χ4v) is 5.91. The van der Waals surface area contributed by atoms with Crippen LogP contribution in [0.15, 0.2) is 36.4 Å². The first-order valence-corrected chi connectivity index (χ1v) is 12.3. The molecule has 4 aliphatic rings. The molecule has 4 fully saturated rings. The van der Waals surface area contributed by atoms with Crippen molar-refractivity contribution in [2.24, 2.45) is 5.41 Å². The first kappa shape index (κ1) is 22.0. The lowest BCUT2D eigenvalue weighted by molar-refractivity contribution is -0.232. The van der Waals surface area contributed by atoms with Crippen molar-refractivity contribution >= 4 is 0 Å². The van der Waals surface area contributed by atoms with Gasteiger partial charge in [0.05, 0.1) is 19.8 Å². The Labute approximate surface area is 183 Å². The minimum absolute atomic E-state index is 0.0158. The first-order chi connectivity index (χ1) is 14.7. The van der Waals surface area contributed by atoms with Gasteiger partial charge < -0.3 is 14.2 Å². The molecule has 1 aromatic carbocycles. The summed E-state index contributed by atoms with van der Waals surface area (Å²) in [6.45, 7) is 5.94. The normalized spacial score (nSPS) is 33.9. The van der Waals surface area contributed by atoms with Crippen molar-refractivity contribution in [1.29, 1.82) is 0 Å². The highest BCUT2D eigenvalue weighted by Crippen LogP contribution is 2.59. The van der Waals surface area contributed by atoms with Crippen LogP contribution in [0, 0.1) is 5.41 Å². The molecule has 0 spiro atoms. The highest BCUT2D eigenvalue weighted by molar-refractivity contribution is 5.32. The zero-order valence-corrected chi connectivity index (χ0v) is 19.0. The van der Waals surface area contributed by atoms with Gasteiger partial charge in [-0.1, -0.05) is 62.6 Å². The van der Waals surface area contributed by atoms with Crippen molar-refractivity contribution in [3.8, 4) is 0 Å². The smallest absolute Gasteiger partial charge is 0.181 e. The van der Waals surface area contributed by atoms with Crippen LogP contribution in [0.5, 0.6) is 0 Å². The summed E-state index contributed by atoms with van der Waals surface area (Å²) in [6, 6.07) is 9.30. The van der Waals surface area contributed by atoms with Gasteiger partial charge in [-0.05, 0) is 73.8 Å². The Morgan fingerprint density at radius 1 is 0.967 bits per heavy atom. The average molecular weight is 413 g/mol. The molecule has 3 nitrogen and oxygen atoms in total. The SMILES string of the molecule is C/C=C/CO[C@H]1CO[C@H](c2ccc(C34CCC(CCCCC)(CC3)CC4)cc2)CO1. The Balaban J connectivity index is 1.31. The van der Waals surface area contributed by atoms with Gasteiger partial charge in [0.15, 0.2) is 6.29 Å². The van der Waals surface area contributed by atoms with E-state index in [9.17, 15) is 0 Å². The van der Waals surface area contributed by atoms with E-state index >= 15 is 0 Å². The fraction of sp³-hybridized carbons (Fsp3) is 0.704. The maximum Gasteiger partial charge on any atom is 0.181 e. The molecule has 0 unspecified atom stereocenters. The third-order valence-electron chi connectivity index (χ3n) is 8.09. The van der Waals surface area contributed by atoms with E-state index in [2.05, 4.69) is 31.2 Å². The summed E-state index contributed by atoms with van der Waals surface area (Å²) in [5, 5.41) is 0. The molecule has 0 aromatic heterocycles. The van der Waals surface area contributed by atoms with Gasteiger partial charge in [0.25, 0.3) is 0 Å². The van der Waals surface area contributed by atoms with Gasteiger partial charge in [-0.3, -0.25) is 0 Å². The molecule has 2 atom stereocenters. The van der Waals surface area contributed by atoms with E-state index in [0.29, 0.717) is 30.7 Å². The minimum Gasteiger partial charge on any atom is -0.366 e. The third kappa shape index (κ3) is 4.84. The zero-order chi connectivity index (χ0) is 20.9. The van der Waals surface area contributed by atoms with Crippen LogP contribution in [-0.2, 0) is 19.6 Å². The molecule has 3 heteroatoms. The van der Waals surface area contributed by atoms with Crippen LogP contribution < -0.4 is 0 Å². The third-order valence-corrected chi connectivity index (χ3v) is 8.09. The molecule has 0 radical (unpaired) electrons. The Bertz CT molecular complexity index is 660. The molecule has 166 valence electrons. The molecule has 1 aromatic rings. The molecular weight excluding hydrogens is 372 g/mol. The molecule has 2 bridgehead atoms. The Morgan fingerprint density at radius 3 is 2.30 bits per heavy atom. The van der Waals surface area contributed by atoms with Gasteiger partial charge in [0.2, 0.25) is 0 Å². The number of hydrogen-bond acceptors (Lipinski definition) is 3. The largest absolute Gasteiger partial charge is 0.366 e. The molecular formula is C27H40O3. The number of ether oxygens (including phenoxy) is 3. The van der Waals surface area contributed by atoms with E-state index in [1.54, 1.807) is 5.56 Å². The number of allylic oxidation sites excluding steroid dienone is 1. The molecule has 30 heavy (non-hydrogen) atoms. The van der Waals surface area contributed by atoms with E-state index < -0.39 is 0 Å². The number of unbranched alkanes of at least 4 members (excludes halogenated alkanes) is 2. The second kappa shape index (κ2) is 9.97. The molecule has 0 N–H and O–H groups in total. The minimum atomic E-state index is -0.252. The van der Waals surface area contributed by atoms with Crippen LogP contribution in [-0.4, -0.2) is 26.1 Å². The number of hydrogen-bond donors (Lipinski definition) is 0. The van der Waals surface area contributed by atoms with E-state index in [4.69, 9.17) is 14.2 Å². The van der Waals surface area contributed by atoms with Crippen molar-refractivity contribution in [2.75, 3.05) is 19.8 Å². The van der Waals surface area contributed by atoms with Crippen molar-refractivity contribution < 1.29 is 14.2 Å². The lowest BCUT2D eigenvalue weighted by atomic mass is 9.51. The molecule has 1 heterocycles. The van der Waals surface area contributed by atoms with Crippen molar-refractivity contribution in [1.82, 2.24) is 0 Å². The Kier molecular flexibility index (Phi) is 7.33. The van der Waals surface area contributed by atoms with Crippen LogP contribution in [0.4, 0.5) is 0 Å². The topological polar surface area (TPSA) is 27.7 Å². The van der Waals surface area contributed by atoms with E-state index in [1.165, 1.54) is 69.8 Å². The predicted octanol–water partition coefficient (Wildman–Crippen LogP) is 6.87. The van der Waals surface area contributed by atoms with Gasteiger partial charge >= 0.3 is 0 Å². The standard InChI is InChI=1S/C27H40O3/c1-3-5-7-12-26-13-16-27(17-14-26,18-15-26)23-10-8-22(9-11-23)24-20-30-25(21-29-24)28-19-6-4-2/h4,6,8-11,24-25H,3,5,7,12-21H2,1-2H3/b6-4+/t24-,25+,26?,27?/m0/s1. The summed E-state index contributed by atoms with van der Waals surface area (Å²) in [5.41, 5.74) is 3.89. The predicted molar refractivity (Wildman–Crippen MR) is 122 cm³/mol. The lowest BCUT2D eigenvalue weighted by Gasteiger charge is -2.54. The second-order valence-electron chi connectivity index (χ2n) is 9.85. The molecule has 5 rings (SSSR count). The number of benzene rings is 1. The molecule has 3 aliphatic carbocycles. The summed E-state index contributed by atoms with van der Waals surface area (Å²) in [6.07, 6.45) is 17.8. The van der Waals surface area contributed by atoms with E-state index in [-0.39, 0.29) is 12.4 Å². The Hall–Kier alpha value is -1.16. The fourth-order valence-electron chi connectivity index (χ4n) is 5.91. The molecule has 0 amide bonds. The van der Waals surface area contributed by atoms with Crippen LogP contribution in [0.2, 0.25) is 0 Å². The maximum atomic E-state index is 6.04. The van der Waals surface area contributed by atoms with Crippen molar-refractivity contribution in [3.05, 3.63) is 47.5 Å². The van der Waals surface area contributed by atoms with E-state index in [0.717, 1.165) is 0 Å². The van der Waals surface area contributed by atoms with Crippen LogP contribution >= 0.6 is 0 Å². The highest BCUT2D eigenvalue weighted by atomic mass is 16.7.